The van der Waals surface area contributed by atoms with Crippen molar-refractivity contribution in [3.8, 4) is 11.5 Å². The monoisotopic (exact) mass is 335 g/mol. The molecule has 0 aliphatic carbocycles. The largest absolute Gasteiger partial charge is 0.493 e. The number of rotatable bonds is 7. The summed E-state index contributed by atoms with van der Waals surface area (Å²) >= 11 is 1.59. The van der Waals surface area contributed by atoms with Gasteiger partial charge in [0.1, 0.15) is 0 Å². The maximum Gasteiger partial charge on any atom is 0.335 e. The van der Waals surface area contributed by atoms with Gasteiger partial charge < -0.3 is 19.9 Å². The zero-order valence-corrected chi connectivity index (χ0v) is 13.6. The van der Waals surface area contributed by atoms with E-state index < -0.39 is 5.97 Å². The first kappa shape index (κ1) is 16.8. The first-order valence-corrected chi connectivity index (χ1v) is 7.74. The van der Waals surface area contributed by atoms with Crippen LogP contribution in [0.15, 0.2) is 29.6 Å². The summed E-state index contributed by atoms with van der Waals surface area (Å²) in [5, 5.41) is 13.8. The summed E-state index contributed by atoms with van der Waals surface area (Å²) in [5.74, 6) is -0.788. The van der Waals surface area contributed by atoms with Crippen LogP contribution in [0.3, 0.4) is 0 Å². The molecule has 2 rings (SSSR count). The van der Waals surface area contributed by atoms with Crippen molar-refractivity contribution in [1.82, 2.24) is 0 Å². The summed E-state index contributed by atoms with van der Waals surface area (Å²) in [7, 11) is 2.84. The quantitative estimate of drug-likeness (QED) is 0.812. The molecule has 1 aromatic heterocycles. The third kappa shape index (κ3) is 4.23. The van der Waals surface area contributed by atoms with Crippen molar-refractivity contribution in [2.75, 3.05) is 19.5 Å². The van der Waals surface area contributed by atoms with E-state index in [2.05, 4.69) is 5.32 Å². The number of ether oxygens (including phenoxy) is 2. The number of thiophene rings is 1. The number of carboxylic acids is 1. The number of hydrogen-bond acceptors (Lipinski definition) is 5. The number of nitrogens with one attached hydrogen (secondary N) is 1. The Kier molecular flexibility index (Phi) is 5.59. The number of carboxylic acid groups (broad SMARTS) is 1. The molecule has 2 N–H and O–H groups in total. The van der Waals surface area contributed by atoms with Crippen molar-refractivity contribution in [3.05, 3.63) is 40.1 Å². The molecule has 0 bridgehead atoms. The van der Waals surface area contributed by atoms with Crippen LogP contribution in [0.4, 0.5) is 5.69 Å². The van der Waals surface area contributed by atoms with Crippen LogP contribution in [-0.4, -0.2) is 31.2 Å². The van der Waals surface area contributed by atoms with E-state index in [0.29, 0.717) is 18.6 Å². The van der Waals surface area contributed by atoms with E-state index in [1.165, 1.54) is 26.4 Å². The molecule has 2 aromatic rings. The fourth-order valence-corrected chi connectivity index (χ4v) is 2.79. The third-order valence-electron chi connectivity index (χ3n) is 3.18. The Morgan fingerprint density at radius 1 is 1.26 bits per heavy atom. The maximum absolute atomic E-state index is 12.1. The number of aryl methyl sites for hydroxylation is 1. The van der Waals surface area contributed by atoms with Crippen molar-refractivity contribution < 1.29 is 24.2 Å². The van der Waals surface area contributed by atoms with Crippen molar-refractivity contribution in [2.45, 2.75) is 12.8 Å². The maximum atomic E-state index is 12.1. The van der Waals surface area contributed by atoms with Gasteiger partial charge in [-0.1, -0.05) is 6.07 Å². The highest BCUT2D eigenvalue weighted by Gasteiger charge is 2.17. The molecule has 0 aliphatic heterocycles. The summed E-state index contributed by atoms with van der Waals surface area (Å²) in [6.45, 7) is 0. The summed E-state index contributed by atoms with van der Waals surface area (Å²) in [6.07, 6.45) is 0.921. The van der Waals surface area contributed by atoms with Crippen LogP contribution in [0.2, 0.25) is 0 Å². The molecule has 0 spiro atoms. The lowest BCUT2D eigenvalue weighted by atomic mass is 10.1. The first-order chi connectivity index (χ1) is 11.0. The van der Waals surface area contributed by atoms with E-state index >= 15 is 0 Å². The second-order valence-corrected chi connectivity index (χ2v) is 5.72. The average Bonchev–Trinajstić information content (AvgIpc) is 3.05. The predicted molar refractivity (Wildman–Crippen MR) is 87.8 cm³/mol. The van der Waals surface area contributed by atoms with Crippen LogP contribution in [-0.2, 0) is 11.2 Å². The molecule has 7 heteroatoms. The number of benzene rings is 1. The highest BCUT2D eigenvalue weighted by molar-refractivity contribution is 7.09. The van der Waals surface area contributed by atoms with Gasteiger partial charge in [-0.3, -0.25) is 4.79 Å². The summed E-state index contributed by atoms with van der Waals surface area (Å²) in [6, 6.07) is 6.60. The number of carbonyl (C=O) groups is 2. The van der Waals surface area contributed by atoms with Gasteiger partial charge in [0.05, 0.1) is 25.5 Å². The fourth-order valence-electron chi connectivity index (χ4n) is 2.08. The van der Waals surface area contributed by atoms with Gasteiger partial charge in [0, 0.05) is 11.3 Å². The van der Waals surface area contributed by atoms with Gasteiger partial charge in [-0.25, -0.2) is 4.79 Å². The highest BCUT2D eigenvalue weighted by Crippen LogP contribution is 2.36. The lowest BCUT2D eigenvalue weighted by Crippen LogP contribution is -2.14. The number of methoxy groups -OCH3 is 2. The first-order valence-electron chi connectivity index (χ1n) is 6.86. The number of anilines is 1. The lowest BCUT2D eigenvalue weighted by Gasteiger charge is -2.14. The predicted octanol–water partition coefficient (Wildman–Crippen LogP) is 3.03. The van der Waals surface area contributed by atoms with Crippen LogP contribution in [0.5, 0.6) is 11.5 Å². The standard InChI is InChI=1S/C16H17NO5S/c1-21-13-9-10(16(19)20)8-12(15(13)22-2)17-14(18)6-5-11-4-3-7-23-11/h3-4,7-9H,5-6H2,1-2H3,(H,17,18)(H,19,20). The van der Waals surface area contributed by atoms with Crippen LogP contribution in [0, 0.1) is 0 Å². The minimum absolute atomic E-state index is 0.0104. The average molecular weight is 335 g/mol. The molecule has 23 heavy (non-hydrogen) atoms. The minimum atomic E-state index is -1.11. The van der Waals surface area contributed by atoms with Gasteiger partial charge in [0.15, 0.2) is 11.5 Å². The molecule has 1 amide bonds. The molecular formula is C16H17NO5S. The van der Waals surface area contributed by atoms with E-state index in [0.717, 1.165) is 4.88 Å². The Hall–Kier alpha value is -2.54. The number of amides is 1. The van der Waals surface area contributed by atoms with Gasteiger partial charge in [0.2, 0.25) is 5.91 Å². The summed E-state index contributed by atoms with van der Waals surface area (Å²) in [4.78, 5) is 24.4. The van der Waals surface area contributed by atoms with Crippen molar-refractivity contribution in [2.24, 2.45) is 0 Å². The molecule has 0 unspecified atom stereocenters. The van der Waals surface area contributed by atoms with Crippen molar-refractivity contribution in [1.29, 1.82) is 0 Å². The number of aromatic carboxylic acids is 1. The van der Waals surface area contributed by atoms with Gasteiger partial charge in [-0.15, -0.1) is 11.3 Å². The second kappa shape index (κ2) is 7.64. The smallest absolute Gasteiger partial charge is 0.335 e. The SMILES string of the molecule is COc1cc(C(=O)O)cc(NC(=O)CCc2cccs2)c1OC. The number of hydrogen-bond donors (Lipinski definition) is 2. The number of carbonyl (C=O) groups excluding carboxylic acids is 1. The van der Waals surface area contributed by atoms with E-state index in [1.54, 1.807) is 11.3 Å². The Morgan fingerprint density at radius 2 is 2.04 bits per heavy atom. The molecule has 0 saturated carbocycles. The van der Waals surface area contributed by atoms with Crippen LogP contribution in [0.1, 0.15) is 21.7 Å². The van der Waals surface area contributed by atoms with Gasteiger partial charge in [0.25, 0.3) is 0 Å². The molecular weight excluding hydrogens is 318 g/mol. The molecule has 0 radical (unpaired) electrons. The molecule has 1 heterocycles. The minimum Gasteiger partial charge on any atom is -0.493 e. The molecule has 1 aromatic carbocycles. The molecule has 6 nitrogen and oxygen atoms in total. The van der Waals surface area contributed by atoms with E-state index in [4.69, 9.17) is 14.6 Å². The fraction of sp³-hybridized carbons (Fsp3) is 0.250. The Balaban J connectivity index is 2.17. The lowest BCUT2D eigenvalue weighted by molar-refractivity contribution is -0.116. The molecule has 0 saturated heterocycles. The van der Waals surface area contributed by atoms with Crippen molar-refractivity contribution in [3.63, 3.8) is 0 Å². The molecule has 0 fully saturated rings. The van der Waals surface area contributed by atoms with Gasteiger partial charge in [-0.2, -0.15) is 0 Å². The third-order valence-corrected chi connectivity index (χ3v) is 4.11. The molecule has 122 valence electrons. The highest BCUT2D eigenvalue weighted by atomic mass is 32.1. The Labute approximate surface area is 137 Å². The van der Waals surface area contributed by atoms with Crippen LogP contribution < -0.4 is 14.8 Å². The van der Waals surface area contributed by atoms with E-state index in [-0.39, 0.29) is 22.9 Å². The summed E-state index contributed by atoms with van der Waals surface area (Å²) < 4.78 is 10.4. The zero-order chi connectivity index (χ0) is 16.8. The van der Waals surface area contributed by atoms with Crippen LogP contribution >= 0.6 is 11.3 Å². The topological polar surface area (TPSA) is 84.9 Å². The summed E-state index contributed by atoms with van der Waals surface area (Å²) in [5.41, 5.74) is 0.289. The van der Waals surface area contributed by atoms with Gasteiger partial charge >= 0.3 is 5.97 Å². The molecule has 0 aliphatic rings. The molecule has 0 atom stereocenters. The Morgan fingerprint density at radius 3 is 2.61 bits per heavy atom. The van der Waals surface area contributed by atoms with Gasteiger partial charge in [-0.05, 0) is 30.0 Å². The van der Waals surface area contributed by atoms with Crippen LogP contribution in [0.25, 0.3) is 0 Å². The van der Waals surface area contributed by atoms with E-state index in [9.17, 15) is 9.59 Å². The Bertz CT molecular complexity index is 697. The normalized spacial score (nSPS) is 10.2. The van der Waals surface area contributed by atoms with E-state index in [1.807, 2.05) is 17.5 Å². The van der Waals surface area contributed by atoms with Crippen molar-refractivity contribution >= 4 is 28.9 Å². The zero-order valence-electron chi connectivity index (χ0n) is 12.8. The second-order valence-electron chi connectivity index (χ2n) is 4.69.